The molecule has 1 N–H and O–H groups in total. The Labute approximate surface area is 139 Å². The van der Waals surface area contributed by atoms with Crippen LogP contribution >= 0.6 is 0 Å². The average molecular weight is 334 g/mol. The lowest BCUT2D eigenvalue weighted by atomic mass is 10.1. The lowest BCUT2D eigenvalue weighted by molar-refractivity contribution is -0.130. The number of aryl methyl sites for hydroxylation is 1. The lowest BCUT2D eigenvalue weighted by Gasteiger charge is -2.23. The van der Waals surface area contributed by atoms with E-state index in [0.29, 0.717) is 23.4 Å². The van der Waals surface area contributed by atoms with E-state index < -0.39 is 11.9 Å². The number of oxazole rings is 1. The van der Waals surface area contributed by atoms with Gasteiger partial charge in [-0.15, -0.1) is 0 Å². The van der Waals surface area contributed by atoms with Crippen molar-refractivity contribution in [3.63, 3.8) is 0 Å². The maximum atomic E-state index is 12.2. The number of nitrogens with one attached hydrogen (secondary N) is 1. The van der Waals surface area contributed by atoms with Crippen LogP contribution in [-0.4, -0.2) is 35.9 Å². The van der Waals surface area contributed by atoms with Crippen molar-refractivity contribution >= 4 is 22.7 Å². The van der Waals surface area contributed by atoms with E-state index in [0.717, 1.165) is 25.9 Å². The fourth-order valence-electron chi connectivity index (χ4n) is 2.72. The van der Waals surface area contributed by atoms with Crippen molar-refractivity contribution in [3.05, 3.63) is 28.7 Å². The Balaban J connectivity index is 1.58. The summed E-state index contributed by atoms with van der Waals surface area (Å²) in [6.07, 6.45) is 2.68. The Morgan fingerprint density at radius 2 is 2.29 bits per heavy atom. The molecule has 7 nitrogen and oxygen atoms in total. The lowest BCUT2D eigenvalue weighted by Crippen LogP contribution is -2.32. The molecule has 0 saturated carbocycles. The molecule has 2 heterocycles. The van der Waals surface area contributed by atoms with Crippen molar-refractivity contribution in [1.29, 1.82) is 0 Å². The first kappa shape index (κ1) is 16.7. The number of rotatable bonds is 5. The summed E-state index contributed by atoms with van der Waals surface area (Å²) in [5, 5.41) is 2.77. The zero-order valence-corrected chi connectivity index (χ0v) is 13.9. The highest BCUT2D eigenvalue weighted by molar-refractivity contribution is 5.95. The summed E-state index contributed by atoms with van der Waals surface area (Å²) in [6, 6.07) is 5.09. The van der Waals surface area contributed by atoms with Crippen molar-refractivity contribution in [3.8, 4) is 0 Å². The van der Waals surface area contributed by atoms with Crippen LogP contribution < -0.4 is 11.1 Å². The van der Waals surface area contributed by atoms with Gasteiger partial charge in [0, 0.05) is 25.4 Å². The molecule has 3 rings (SSSR count). The minimum absolute atomic E-state index is 0.0731. The largest absolute Gasteiger partial charge is 0.419 e. The SMILES string of the molecule is C[C@H](OC[C@H]1CCCCO1)C(=O)Nc1ccc2c(c1)oc(=O)n2C. The van der Waals surface area contributed by atoms with Gasteiger partial charge in [0.25, 0.3) is 5.91 Å². The molecule has 1 aromatic heterocycles. The van der Waals surface area contributed by atoms with E-state index in [1.165, 1.54) is 4.57 Å². The van der Waals surface area contributed by atoms with Crippen LogP contribution in [0.25, 0.3) is 11.1 Å². The molecule has 0 unspecified atom stereocenters. The number of carbonyl (C=O) groups excluding carboxylic acids is 1. The molecule has 7 heteroatoms. The van der Waals surface area contributed by atoms with Gasteiger partial charge in [-0.3, -0.25) is 9.36 Å². The van der Waals surface area contributed by atoms with E-state index >= 15 is 0 Å². The molecular weight excluding hydrogens is 312 g/mol. The second-order valence-corrected chi connectivity index (χ2v) is 6.06. The summed E-state index contributed by atoms with van der Waals surface area (Å²) in [7, 11) is 1.63. The third-order valence-corrected chi connectivity index (χ3v) is 4.24. The van der Waals surface area contributed by atoms with Gasteiger partial charge in [0.2, 0.25) is 0 Å². The monoisotopic (exact) mass is 334 g/mol. The Hall–Kier alpha value is -2.12. The molecule has 0 spiro atoms. The Morgan fingerprint density at radius 1 is 1.46 bits per heavy atom. The number of fused-ring (bicyclic) bond motifs is 1. The molecule has 1 aromatic carbocycles. The van der Waals surface area contributed by atoms with Crippen molar-refractivity contribution in [2.24, 2.45) is 7.05 Å². The molecule has 1 aliphatic rings. The van der Waals surface area contributed by atoms with Gasteiger partial charge in [-0.2, -0.15) is 0 Å². The topological polar surface area (TPSA) is 82.7 Å². The number of anilines is 1. The van der Waals surface area contributed by atoms with Gasteiger partial charge in [-0.25, -0.2) is 4.79 Å². The predicted octanol–water partition coefficient (Wildman–Crippen LogP) is 2.04. The summed E-state index contributed by atoms with van der Waals surface area (Å²) < 4.78 is 17.7. The van der Waals surface area contributed by atoms with E-state index in [1.54, 1.807) is 32.2 Å². The van der Waals surface area contributed by atoms with Crippen LogP contribution in [0, 0.1) is 0 Å². The van der Waals surface area contributed by atoms with Crippen molar-refractivity contribution in [2.45, 2.75) is 38.4 Å². The smallest absolute Gasteiger partial charge is 0.408 e. The fraction of sp³-hybridized carbons (Fsp3) is 0.529. The second kappa shape index (κ2) is 7.19. The number of hydrogen-bond donors (Lipinski definition) is 1. The van der Waals surface area contributed by atoms with Gasteiger partial charge in [0.05, 0.1) is 18.2 Å². The van der Waals surface area contributed by atoms with Crippen LogP contribution in [0.4, 0.5) is 5.69 Å². The van der Waals surface area contributed by atoms with Gasteiger partial charge >= 0.3 is 5.76 Å². The number of nitrogens with zero attached hydrogens (tertiary/aromatic N) is 1. The van der Waals surface area contributed by atoms with Crippen LogP contribution in [0.2, 0.25) is 0 Å². The zero-order chi connectivity index (χ0) is 17.1. The van der Waals surface area contributed by atoms with Gasteiger partial charge in [0.1, 0.15) is 6.10 Å². The van der Waals surface area contributed by atoms with Crippen molar-refractivity contribution < 1.29 is 18.7 Å². The summed E-state index contributed by atoms with van der Waals surface area (Å²) >= 11 is 0. The van der Waals surface area contributed by atoms with Gasteiger partial charge < -0.3 is 19.2 Å². The number of hydrogen-bond acceptors (Lipinski definition) is 5. The minimum atomic E-state index is -0.589. The molecule has 24 heavy (non-hydrogen) atoms. The maximum absolute atomic E-state index is 12.2. The van der Waals surface area contributed by atoms with Crippen LogP contribution in [0.1, 0.15) is 26.2 Å². The van der Waals surface area contributed by atoms with Crippen LogP contribution in [-0.2, 0) is 21.3 Å². The second-order valence-electron chi connectivity index (χ2n) is 6.06. The summed E-state index contributed by atoms with van der Waals surface area (Å²) in [4.78, 5) is 23.7. The average Bonchev–Trinajstić information content (AvgIpc) is 2.87. The van der Waals surface area contributed by atoms with E-state index in [-0.39, 0.29) is 12.0 Å². The Kier molecular flexibility index (Phi) is 5.01. The van der Waals surface area contributed by atoms with Gasteiger partial charge in [0.15, 0.2) is 5.58 Å². The van der Waals surface area contributed by atoms with E-state index in [4.69, 9.17) is 13.9 Å². The standard InChI is InChI=1S/C17H22N2O5/c1-11(23-10-13-5-3-4-8-22-13)16(20)18-12-6-7-14-15(9-12)24-17(21)19(14)2/h6-7,9,11,13H,3-5,8,10H2,1-2H3,(H,18,20)/t11-,13+/m0/s1. The highest BCUT2D eigenvalue weighted by Gasteiger charge is 2.19. The predicted molar refractivity (Wildman–Crippen MR) is 89.1 cm³/mol. The Morgan fingerprint density at radius 3 is 3.04 bits per heavy atom. The number of ether oxygens (including phenoxy) is 2. The number of benzene rings is 1. The molecule has 1 amide bonds. The molecule has 0 aliphatic carbocycles. The number of carbonyl (C=O) groups is 1. The molecule has 1 aliphatic heterocycles. The molecule has 1 fully saturated rings. The molecular formula is C17H22N2O5. The quantitative estimate of drug-likeness (QED) is 0.905. The van der Waals surface area contributed by atoms with Crippen LogP contribution in [0.5, 0.6) is 0 Å². The van der Waals surface area contributed by atoms with Gasteiger partial charge in [-0.05, 0) is 38.3 Å². The Bertz CT molecular complexity index is 773. The fourth-order valence-corrected chi connectivity index (χ4v) is 2.72. The molecule has 1 saturated heterocycles. The van der Waals surface area contributed by atoms with E-state index in [2.05, 4.69) is 5.32 Å². The summed E-state index contributed by atoms with van der Waals surface area (Å²) in [5.74, 6) is -0.680. The van der Waals surface area contributed by atoms with E-state index in [9.17, 15) is 9.59 Å². The molecule has 2 aromatic rings. The van der Waals surface area contributed by atoms with Crippen LogP contribution in [0.3, 0.4) is 0 Å². The first-order valence-electron chi connectivity index (χ1n) is 8.18. The first-order chi connectivity index (χ1) is 11.5. The third kappa shape index (κ3) is 3.68. The molecule has 130 valence electrons. The maximum Gasteiger partial charge on any atom is 0.419 e. The first-order valence-corrected chi connectivity index (χ1v) is 8.18. The summed E-state index contributed by atoms with van der Waals surface area (Å²) in [5.41, 5.74) is 1.67. The molecule has 2 atom stereocenters. The van der Waals surface area contributed by atoms with Crippen LogP contribution in [0.15, 0.2) is 27.4 Å². The molecule has 0 bridgehead atoms. The van der Waals surface area contributed by atoms with Crippen molar-refractivity contribution in [2.75, 3.05) is 18.5 Å². The highest BCUT2D eigenvalue weighted by Crippen LogP contribution is 2.18. The normalized spacial score (nSPS) is 19.3. The van der Waals surface area contributed by atoms with Gasteiger partial charge in [-0.1, -0.05) is 0 Å². The summed E-state index contributed by atoms with van der Waals surface area (Å²) in [6.45, 7) is 2.89. The third-order valence-electron chi connectivity index (χ3n) is 4.24. The van der Waals surface area contributed by atoms with E-state index in [1.807, 2.05) is 0 Å². The number of aromatic nitrogens is 1. The zero-order valence-electron chi connectivity index (χ0n) is 13.9. The minimum Gasteiger partial charge on any atom is -0.408 e. The number of amides is 1. The highest BCUT2D eigenvalue weighted by atomic mass is 16.5. The van der Waals surface area contributed by atoms with Crippen molar-refractivity contribution in [1.82, 2.24) is 4.57 Å². The molecule has 0 radical (unpaired) electrons.